The molecule has 0 bridgehead atoms. The van der Waals surface area contributed by atoms with Crippen LogP contribution in [-0.2, 0) is 13.5 Å². The Hall–Kier alpha value is -0.350. The third-order valence-electron chi connectivity index (χ3n) is 3.41. The molecule has 3 rings (SSSR count). The van der Waals surface area contributed by atoms with Gasteiger partial charge in [0.1, 0.15) is 4.60 Å². The Bertz CT molecular complexity index is 381. The summed E-state index contributed by atoms with van der Waals surface area (Å²) in [4.78, 5) is 0. The summed E-state index contributed by atoms with van der Waals surface area (Å²) in [5, 5.41) is 8.19. The van der Waals surface area contributed by atoms with Crippen LogP contribution in [0.3, 0.4) is 0 Å². The first-order valence-corrected chi connectivity index (χ1v) is 6.52. The topological polar surface area (TPSA) is 29.9 Å². The van der Waals surface area contributed by atoms with Gasteiger partial charge in [0.25, 0.3) is 0 Å². The SMILES string of the molecule is Cn1nc(Br)c2c1C(NC1CC1)CCC2. The Balaban J connectivity index is 1.93. The molecule has 0 radical (unpaired) electrons. The van der Waals surface area contributed by atoms with Crippen molar-refractivity contribution in [1.29, 1.82) is 0 Å². The van der Waals surface area contributed by atoms with Gasteiger partial charge in [0.2, 0.25) is 0 Å². The number of aryl methyl sites for hydroxylation is 1. The quantitative estimate of drug-likeness (QED) is 0.893. The Kier molecular flexibility index (Phi) is 2.36. The van der Waals surface area contributed by atoms with E-state index >= 15 is 0 Å². The van der Waals surface area contributed by atoms with Crippen molar-refractivity contribution in [1.82, 2.24) is 15.1 Å². The van der Waals surface area contributed by atoms with E-state index in [0.717, 1.165) is 10.6 Å². The van der Waals surface area contributed by atoms with Crippen LogP contribution >= 0.6 is 15.9 Å². The first-order chi connectivity index (χ1) is 7.25. The molecule has 0 aromatic carbocycles. The molecule has 2 aliphatic carbocycles. The average molecular weight is 270 g/mol. The first-order valence-electron chi connectivity index (χ1n) is 5.73. The van der Waals surface area contributed by atoms with E-state index in [9.17, 15) is 0 Å². The normalized spacial score (nSPS) is 25.3. The summed E-state index contributed by atoms with van der Waals surface area (Å²) in [7, 11) is 2.05. The van der Waals surface area contributed by atoms with Crippen molar-refractivity contribution in [3.63, 3.8) is 0 Å². The molecule has 1 aromatic rings. The summed E-state index contributed by atoms with van der Waals surface area (Å²) in [6, 6.07) is 1.31. The van der Waals surface area contributed by atoms with Crippen LogP contribution in [0.5, 0.6) is 0 Å². The Labute approximate surface area is 98.4 Å². The van der Waals surface area contributed by atoms with Gasteiger partial charge in [0.15, 0.2) is 0 Å². The van der Waals surface area contributed by atoms with E-state index in [1.54, 1.807) is 0 Å². The van der Waals surface area contributed by atoms with Crippen LogP contribution < -0.4 is 5.32 Å². The molecule has 1 fully saturated rings. The Morgan fingerprint density at radius 2 is 2.20 bits per heavy atom. The smallest absolute Gasteiger partial charge is 0.131 e. The van der Waals surface area contributed by atoms with Crippen LogP contribution in [0.1, 0.15) is 43.0 Å². The van der Waals surface area contributed by atoms with Gasteiger partial charge in [-0.2, -0.15) is 5.10 Å². The summed E-state index contributed by atoms with van der Waals surface area (Å²) in [6.07, 6.45) is 6.42. The number of nitrogens with zero attached hydrogens (tertiary/aromatic N) is 2. The zero-order valence-corrected chi connectivity index (χ0v) is 10.5. The molecule has 15 heavy (non-hydrogen) atoms. The van der Waals surface area contributed by atoms with Gasteiger partial charge in [0.05, 0.1) is 5.69 Å². The maximum atomic E-state index is 4.46. The molecule has 0 saturated heterocycles. The van der Waals surface area contributed by atoms with E-state index in [1.165, 1.54) is 43.4 Å². The van der Waals surface area contributed by atoms with Crippen molar-refractivity contribution < 1.29 is 0 Å². The fraction of sp³-hybridized carbons (Fsp3) is 0.727. The predicted molar refractivity (Wildman–Crippen MR) is 62.7 cm³/mol. The van der Waals surface area contributed by atoms with Crippen molar-refractivity contribution in [3.05, 3.63) is 15.9 Å². The number of rotatable bonds is 2. The van der Waals surface area contributed by atoms with E-state index in [0.29, 0.717) is 6.04 Å². The number of aromatic nitrogens is 2. The van der Waals surface area contributed by atoms with Gasteiger partial charge >= 0.3 is 0 Å². The minimum Gasteiger partial charge on any atom is -0.306 e. The molecule has 2 aliphatic rings. The van der Waals surface area contributed by atoms with Crippen LogP contribution in [0, 0.1) is 0 Å². The van der Waals surface area contributed by atoms with Crippen molar-refractivity contribution in [3.8, 4) is 0 Å². The largest absolute Gasteiger partial charge is 0.306 e. The average Bonchev–Trinajstić information content (AvgIpc) is 2.96. The van der Waals surface area contributed by atoms with Gasteiger partial charge in [-0.3, -0.25) is 4.68 Å². The molecule has 1 heterocycles. The highest BCUT2D eigenvalue weighted by Gasteiger charge is 2.31. The number of halogens is 1. The second-order valence-corrected chi connectivity index (χ2v) is 5.42. The van der Waals surface area contributed by atoms with Gasteiger partial charge in [0, 0.05) is 24.7 Å². The fourth-order valence-electron chi connectivity index (χ4n) is 2.53. The van der Waals surface area contributed by atoms with Crippen molar-refractivity contribution in [2.24, 2.45) is 7.05 Å². The Morgan fingerprint density at radius 3 is 2.93 bits per heavy atom. The van der Waals surface area contributed by atoms with Gasteiger partial charge < -0.3 is 5.32 Å². The van der Waals surface area contributed by atoms with Crippen molar-refractivity contribution >= 4 is 15.9 Å². The highest BCUT2D eigenvalue weighted by Crippen LogP contribution is 2.35. The molecule has 1 unspecified atom stereocenters. The summed E-state index contributed by atoms with van der Waals surface area (Å²) in [5.41, 5.74) is 2.82. The molecule has 3 nitrogen and oxygen atoms in total. The molecular formula is C11H16BrN3. The molecule has 82 valence electrons. The molecule has 1 atom stereocenters. The number of fused-ring (bicyclic) bond motifs is 1. The molecule has 0 amide bonds. The van der Waals surface area contributed by atoms with E-state index in [2.05, 4.69) is 33.4 Å². The zero-order valence-electron chi connectivity index (χ0n) is 8.96. The predicted octanol–water partition coefficient (Wildman–Crippen LogP) is 2.31. The van der Waals surface area contributed by atoms with Gasteiger partial charge in [-0.25, -0.2) is 0 Å². The van der Waals surface area contributed by atoms with E-state index < -0.39 is 0 Å². The van der Waals surface area contributed by atoms with Crippen LogP contribution in [0.2, 0.25) is 0 Å². The fourth-order valence-corrected chi connectivity index (χ4v) is 3.17. The minimum absolute atomic E-state index is 0.532. The van der Waals surface area contributed by atoms with E-state index in [-0.39, 0.29) is 0 Å². The van der Waals surface area contributed by atoms with Gasteiger partial charge in [-0.15, -0.1) is 0 Å². The maximum absolute atomic E-state index is 4.46. The molecule has 1 N–H and O–H groups in total. The van der Waals surface area contributed by atoms with Crippen molar-refractivity contribution in [2.75, 3.05) is 0 Å². The summed E-state index contributed by atoms with van der Waals surface area (Å²) in [5.74, 6) is 0. The summed E-state index contributed by atoms with van der Waals surface area (Å²) < 4.78 is 3.08. The third-order valence-corrected chi connectivity index (χ3v) is 4.05. The van der Waals surface area contributed by atoms with Crippen LogP contribution in [0.15, 0.2) is 4.60 Å². The highest BCUT2D eigenvalue weighted by molar-refractivity contribution is 9.10. The molecule has 0 aliphatic heterocycles. The van der Waals surface area contributed by atoms with Crippen LogP contribution in [0.4, 0.5) is 0 Å². The highest BCUT2D eigenvalue weighted by atomic mass is 79.9. The number of hydrogen-bond acceptors (Lipinski definition) is 2. The van der Waals surface area contributed by atoms with Crippen LogP contribution in [-0.4, -0.2) is 15.8 Å². The molecule has 4 heteroatoms. The van der Waals surface area contributed by atoms with E-state index in [4.69, 9.17) is 0 Å². The Morgan fingerprint density at radius 1 is 1.40 bits per heavy atom. The first kappa shape index (κ1) is 9.85. The molecule has 1 aromatic heterocycles. The maximum Gasteiger partial charge on any atom is 0.131 e. The molecule has 1 saturated carbocycles. The standard InChI is InChI=1S/C11H16BrN3/c1-15-10-8(11(12)14-15)3-2-4-9(10)13-7-5-6-7/h7,9,13H,2-6H2,1H3. The van der Waals surface area contributed by atoms with Crippen molar-refractivity contribution in [2.45, 2.75) is 44.2 Å². The number of hydrogen-bond donors (Lipinski definition) is 1. The van der Waals surface area contributed by atoms with Gasteiger partial charge in [-0.1, -0.05) is 0 Å². The lowest BCUT2D eigenvalue weighted by atomic mass is 9.93. The zero-order chi connectivity index (χ0) is 10.4. The molecule has 0 spiro atoms. The second kappa shape index (κ2) is 3.59. The lowest BCUT2D eigenvalue weighted by Crippen LogP contribution is -2.28. The minimum atomic E-state index is 0.532. The summed E-state index contributed by atoms with van der Waals surface area (Å²) >= 11 is 3.55. The monoisotopic (exact) mass is 269 g/mol. The summed E-state index contributed by atoms with van der Waals surface area (Å²) in [6.45, 7) is 0. The molecular weight excluding hydrogens is 254 g/mol. The third kappa shape index (κ3) is 1.74. The van der Waals surface area contributed by atoms with Crippen LogP contribution in [0.25, 0.3) is 0 Å². The lowest BCUT2D eigenvalue weighted by molar-refractivity contribution is 0.431. The lowest BCUT2D eigenvalue weighted by Gasteiger charge is -2.24. The van der Waals surface area contributed by atoms with E-state index in [1.807, 2.05) is 4.68 Å². The second-order valence-electron chi connectivity index (χ2n) is 4.66. The van der Waals surface area contributed by atoms with Gasteiger partial charge in [-0.05, 0) is 48.0 Å². The number of nitrogens with one attached hydrogen (secondary N) is 1.